The van der Waals surface area contributed by atoms with Crippen LogP contribution in [0.4, 0.5) is 5.69 Å². The molecule has 5 nitrogen and oxygen atoms in total. The number of non-ortho nitro benzene ring substituents is 1. The number of rotatable bonds is 5. The molecule has 2 rings (SSSR count). The SMILES string of the molecule is N#Cc1cccc(CNCc2cc(Br)cc([N+](=O)[O-])c2)c1. The van der Waals surface area contributed by atoms with Crippen molar-refractivity contribution in [3.8, 4) is 6.07 Å². The summed E-state index contributed by atoms with van der Waals surface area (Å²) in [6.45, 7) is 1.10. The predicted molar refractivity (Wildman–Crippen MR) is 82.5 cm³/mol. The molecule has 0 aliphatic carbocycles. The summed E-state index contributed by atoms with van der Waals surface area (Å²) in [4.78, 5) is 10.4. The standard InChI is InChI=1S/C15H12BrN3O2/c16-14-5-13(6-15(7-14)19(20)21)10-18-9-12-3-1-2-11(4-12)8-17/h1-7,18H,9-10H2. The Kier molecular flexibility index (Phi) is 5.04. The summed E-state index contributed by atoms with van der Waals surface area (Å²) in [5, 5.41) is 22.9. The van der Waals surface area contributed by atoms with Crippen LogP contribution in [-0.4, -0.2) is 4.92 Å². The van der Waals surface area contributed by atoms with Gasteiger partial charge in [0.25, 0.3) is 5.69 Å². The summed E-state index contributed by atoms with van der Waals surface area (Å²) in [6.07, 6.45) is 0. The van der Waals surface area contributed by atoms with Crippen molar-refractivity contribution in [2.24, 2.45) is 0 Å². The van der Waals surface area contributed by atoms with Crippen LogP contribution < -0.4 is 5.32 Å². The molecule has 0 aliphatic rings. The fraction of sp³-hybridized carbons (Fsp3) is 0.133. The van der Waals surface area contributed by atoms with E-state index >= 15 is 0 Å². The Morgan fingerprint density at radius 3 is 2.67 bits per heavy atom. The zero-order valence-electron chi connectivity index (χ0n) is 11.0. The Hall–Kier alpha value is -2.23. The Morgan fingerprint density at radius 1 is 1.19 bits per heavy atom. The van der Waals surface area contributed by atoms with Gasteiger partial charge >= 0.3 is 0 Å². The van der Waals surface area contributed by atoms with Gasteiger partial charge in [-0.15, -0.1) is 0 Å². The van der Waals surface area contributed by atoms with Gasteiger partial charge in [0.2, 0.25) is 0 Å². The molecular weight excluding hydrogens is 334 g/mol. The molecular formula is C15H12BrN3O2. The van der Waals surface area contributed by atoms with Gasteiger partial charge in [-0.25, -0.2) is 0 Å². The number of hydrogen-bond donors (Lipinski definition) is 1. The van der Waals surface area contributed by atoms with E-state index in [2.05, 4.69) is 27.3 Å². The summed E-state index contributed by atoms with van der Waals surface area (Å²) in [5.74, 6) is 0. The molecule has 0 bridgehead atoms. The maximum absolute atomic E-state index is 10.8. The zero-order chi connectivity index (χ0) is 15.2. The largest absolute Gasteiger partial charge is 0.309 e. The maximum atomic E-state index is 10.8. The number of benzene rings is 2. The molecule has 0 heterocycles. The van der Waals surface area contributed by atoms with E-state index in [4.69, 9.17) is 5.26 Å². The highest BCUT2D eigenvalue weighted by Crippen LogP contribution is 2.21. The number of halogens is 1. The van der Waals surface area contributed by atoms with Gasteiger partial charge in [-0.1, -0.05) is 28.1 Å². The first kappa shape index (κ1) is 15.2. The minimum absolute atomic E-state index is 0.0626. The van der Waals surface area contributed by atoms with Crippen LogP contribution in [0.5, 0.6) is 0 Å². The van der Waals surface area contributed by atoms with E-state index in [0.717, 1.165) is 11.1 Å². The quantitative estimate of drug-likeness (QED) is 0.664. The van der Waals surface area contributed by atoms with Gasteiger partial charge in [0, 0.05) is 29.7 Å². The van der Waals surface area contributed by atoms with Crippen molar-refractivity contribution in [2.75, 3.05) is 0 Å². The van der Waals surface area contributed by atoms with Crippen molar-refractivity contribution in [3.63, 3.8) is 0 Å². The second-order valence-corrected chi connectivity index (χ2v) is 5.41. The van der Waals surface area contributed by atoms with Crippen molar-refractivity contribution >= 4 is 21.6 Å². The molecule has 0 atom stereocenters. The molecule has 0 spiro atoms. The van der Waals surface area contributed by atoms with Crippen LogP contribution in [0.2, 0.25) is 0 Å². The van der Waals surface area contributed by atoms with E-state index in [0.29, 0.717) is 23.1 Å². The van der Waals surface area contributed by atoms with Crippen LogP contribution in [0.25, 0.3) is 0 Å². The molecule has 21 heavy (non-hydrogen) atoms. The lowest BCUT2D eigenvalue weighted by atomic mass is 10.1. The van der Waals surface area contributed by atoms with E-state index in [-0.39, 0.29) is 5.69 Å². The normalized spacial score (nSPS) is 10.1. The smallest absolute Gasteiger partial charge is 0.270 e. The van der Waals surface area contributed by atoms with Crippen LogP contribution >= 0.6 is 15.9 Å². The number of nitrogens with one attached hydrogen (secondary N) is 1. The number of hydrogen-bond acceptors (Lipinski definition) is 4. The van der Waals surface area contributed by atoms with Crippen LogP contribution in [0.3, 0.4) is 0 Å². The molecule has 106 valence electrons. The Balaban J connectivity index is 2.00. The minimum atomic E-state index is -0.412. The highest BCUT2D eigenvalue weighted by atomic mass is 79.9. The van der Waals surface area contributed by atoms with E-state index in [9.17, 15) is 10.1 Å². The van der Waals surface area contributed by atoms with Gasteiger partial charge in [0.15, 0.2) is 0 Å². The monoisotopic (exact) mass is 345 g/mol. The third-order valence-corrected chi connectivity index (χ3v) is 3.33. The third kappa shape index (κ3) is 4.38. The average molecular weight is 346 g/mol. The molecule has 2 aromatic rings. The fourth-order valence-electron chi connectivity index (χ4n) is 1.94. The molecule has 0 amide bonds. The van der Waals surface area contributed by atoms with Crippen LogP contribution in [0, 0.1) is 21.4 Å². The van der Waals surface area contributed by atoms with E-state index in [1.807, 2.05) is 24.3 Å². The molecule has 0 saturated carbocycles. The number of nitriles is 1. The van der Waals surface area contributed by atoms with E-state index in [1.165, 1.54) is 6.07 Å². The summed E-state index contributed by atoms with van der Waals surface area (Å²) >= 11 is 3.27. The second-order valence-electron chi connectivity index (χ2n) is 4.49. The first-order valence-electron chi connectivity index (χ1n) is 6.22. The molecule has 0 unspecified atom stereocenters. The van der Waals surface area contributed by atoms with E-state index in [1.54, 1.807) is 12.1 Å². The summed E-state index contributed by atoms with van der Waals surface area (Å²) in [7, 11) is 0. The lowest BCUT2D eigenvalue weighted by Gasteiger charge is -2.06. The van der Waals surface area contributed by atoms with Crippen LogP contribution in [-0.2, 0) is 13.1 Å². The average Bonchev–Trinajstić information content (AvgIpc) is 2.47. The van der Waals surface area contributed by atoms with Crippen molar-refractivity contribution in [1.82, 2.24) is 5.32 Å². The van der Waals surface area contributed by atoms with Gasteiger partial charge in [-0.2, -0.15) is 5.26 Å². The maximum Gasteiger partial charge on any atom is 0.270 e. The molecule has 0 radical (unpaired) electrons. The Morgan fingerprint density at radius 2 is 1.95 bits per heavy atom. The van der Waals surface area contributed by atoms with Crippen molar-refractivity contribution in [2.45, 2.75) is 13.1 Å². The number of nitro groups is 1. The third-order valence-electron chi connectivity index (χ3n) is 2.87. The van der Waals surface area contributed by atoms with Crippen LogP contribution in [0.1, 0.15) is 16.7 Å². The van der Waals surface area contributed by atoms with Crippen molar-refractivity contribution in [3.05, 3.63) is 73.7 Å². The van der Waals surface area contributed by atoms with Crippen molar-refractivity contribution < 1.29 is 4.92 Å². The first-order valence-corrected chi connectivity index (χ1v) is 7.01. The summed E-state index contributed by atoms with van der Waals surface area (Å²) in [6, 6.07) is 14.3. The summed E-state index contributed by atoms with van der Waals surface area (Å²) < 4.78 is 0.681. The topological polar surface area (TPSA) is 79.0 Å². The lowest BCUT2D eigenvalue weighted by molar-refractivity contribution is -0.385. The Labute approximate surface area is 130 Å². The molecule has 2 aromatic carbocycles. The second kappa shape index (κ2) is 6.97. The molecule has 0 aliphatic heterocycles. The van der Waals surface area contributed by atoms with Gasteiger partial charge in [0.05, 0.1) is 16.6 Å². The van der Waals surface area contributed by atoms with Gasteiger partial charge in [0.1, 0.15) is 0 Å². The number of nitro benzene ring substituents is 1. The highest BCUT2D eigenvalue weighted by molar-refractivity contribution is 9.10. The zero-order valence-corrected chi connectivity index (χ0v) is 12.6. The van der Waals surface area contributed by atoms with Gasteiger partial charge in [-0.05, 0) is 29.3 Å². The molecule has 0 saturated heterocycles. The predicted octanol–water partition coefficient (Wildman–Crippen LogP) is 3.52. The molecule has 0 aromatic heterocycles. The molecule has 0 fully saturated rings. The molecule has 6 heteroatoms. The summed E-state index contributed by atoms with van der Waals surface area (Å²) in [5.41, 5.74) is 2.51. The van der Waals surface area contributed by atoms with Gasteiger partial charge < -0.3 is 5.32 Å². The Bertz CT molecular complexity index is 710. The van der Waals surface area contributed by atoms with Crippen LogP contribution in [0.15, 0.2) is 46.9 Å². The van der Waals surface area contributed by atoms with E-state index < -0.39 is 4.92 Å². The number of nitrogens with zero attached hydrogens (tertiary/aromatic N) is 2. The van der Waals surface area contributed by atoms with Gasteiger partial charge in [-0.3, -0.25) is 10.1 Å². The highest BCUT2D eigenvalue weighted by Gasteiger charge is 2.08. The fourth-order valence-corrected chi connectivity index (χ4v) is 2.47. The lowest BCUT2D eigenvalue weighted by Crippen LogP contribution is -2.12. The minimum Gasteiger partial charge on any atom is -0.309 e. The molecule has 1 N–H and O–H groups in total. The van der Waals surface area contributed by atoms with Crippen molar-refractivity contribution in [1.29, 1.82) is 5.26 Å². The first-order chi connectivity index (χ1) is 10.1.